The van der Waals surface area contributed by atoms with Gasteiger partial charge in [-0.05, 0) is 38.2 Å². The highest BCUT2D eigenvalue weighted by molar-refractivity contribution is 5.29. The van der Waals surface area contributed by atoms with E-state index in [1.54, 1.807) is 6.92 Å². The van der Waals surface area contributed by atoms with Crippen LogP contribution in [0.3, 0.4) is 0 Å². The molecule has 66 valence electrons. The molecule has 0 N–H and O–H groups in total. The molecule has 1 atom stereocenters. The van der Waals surface area contributed by atoms with Crippen LogP contribution in [0, 0.1) is 11.8 Å². The number of hydrogen-bond donors (Lipinski definition) is 0. The Labute approximate surface area is 73.9 Å². The third-order valence-electron chi connectivity index (χ3n) is 1.92. The van der Waals surface area contributed by atoms with Crippen LogP contribution in [0.25, 0.3) is 0 Å². The van der Waals surface area contributed by atoms with E-state index in [4.69, 9.17) is 0 Å². The summed E-state index contributed by atoms with van der Waals surface area (Å²) in [6, 6.07) is 0. The molecule has 1 aliphatic carbocycles. The molecule has 0 heterocycles. The molecule has 0 aromatic carbocycles. The molecule has 0 aliphatic heterocycles. The lowest BCUT2D eigenvalue weighted by atomic mass is 10.00. The lowest BCUT2D eigenvalue weighted by Gasteiger charge is -2.05. The van der Waals surface area contributed by atoms with E-state index in [9.17, 15) is 4.39 Å². The zero-order chi connectivity index (χ0) is 8.81. The minimum Gasteiger partial charge on any atom is -0.247 e. The summed E-state index contributed by atoms with van der Waals surface area (Å²) >= 11 is 0. The zero-order valence-electron chi connectivity index (χ0n) is 7.57. The predicted molar refractivity (Wildman–Crippen MR) is 49.5 cm³/mol. The molecule has 1 unspecified atom stereocenters. The van der Waals surface area contributed by atoms with Gasteiger partial charge in [-0.2, -0.15) is 0 Å². The third-order valence-corrected chi connectivity index (χ3v) is 1.92. The molecule has 0 nitrogen and oxygen atoms in total. The fourth-order valence-electron chi connectivity index (χ4n) is 1.26. The molecule has 0 aromatic heterocycles. The molecule has 0 spiro atoms. The maximum absolute atomic E-state index is 12.3. The molecule has 1 aliphatic rings. The van der Waals surface area contributed by atoms with Crippen LogP contribution in [0.1, 0.15) is 39.0 Å². The molecular weight excluding hydrogens is 151 g/mol. The summed E-state index contributed by atoms with van der Waals surface area (Å²) in [5.41, 5.74) is 1.21. The second-order valence-corrected chi connectivity index (χ2v) is 3.26. The first-order chi connectivity index (χ1) is 5.79. The van der Waals surface area contributed by atoms with Crippen LogP contribution in [0.4, 0.5) is 4.39 Å². The summed E-state index contributed by atoms with van der Waals surface area (Å²) in [7, 11) is 0. The van der Waals surface area contributed by atoms with E-state index in [0.29, 0.717) is 6.42 Å². The Morgan fingerprint density at radius 2 is 2.42 bits per heavy atom. The van der Waals surface area contributed by atoms with Gasteiger partial charge in [0, 0.05) is 6.42 Å². The molecule has 0 amide bonds. The molecule has 0 saturated heterocycles. The summed E-state index contributed by atoms with van der Waals surface area (Å²) in [6.07, 6.45) is 6.53. The van der Waals surface area contributed by atoms with E-state index < -0.39 is 6.17 Å². The van der Waals surface area contributed by atoms with Gasteiger partial charge in [-0.15, -0.1) is 0 Å². The van der Waals surface area contributed by atoms with Gasteiger partial charge in [0.05, 0.1) is 0 Å². The van der Waals surface area contributed by atoms with Gasteiger partial charge in [-0.25, -0.2) is 4.39 Å². The van der Waals surface area contributed by atoms with Crippen LogP contribution in [-0.4, -0.2) is 6.17 Å². The van der Waals surface area contributed by atoms with Crippen molar-refractivity contribution in [3.63, 3.8) is 0 Å². The van der Waals surface area contributed by atoms with Crippen molar-refractivity contribution in [3.8, 4) is 11.8 Å². The fraction of sp³-hybridized carbons (Fsp3) is 0.636. The van der Waals surface area contributed by atoms with Crippen molar-refractivity contribution in [3.05, 3.63) is 11.6 Å². The van der Waals surface area contributed by atoms with Crippen LogP contribution < -0.4 is 0 Å². The maximum Gasteiger partial charge on any atom is 0.108 e. The average molecular weight is 166 g/mol. The summed E-state index contributed by atoms with van der Waals surface area (Å²) in [4.78, 5) is 0. The first-order valence-electron chi connectivity index (χ1n) is 4.61. The van der Waals surface area contributed by atoms with Gasteiger partial charge in [0.1, 0.15) is 6.17 Å². The lowest BCUT2D eigenvalue weighted by molar-refractivity contribution is 0.369. The van der Waals surface area contributed by atoms with E-state index in [0.717, 1.165) is 12.8 Å². The number of rotatable bonds is 1. The number of halogens is 1. The van der Waals surface area contributed by atoms with Crippen molar-refractivity contribution < 1.29 is 4.39 Å². The van der Waals surface area contributed by atoms with Crippen molar-refractivity contribution >= 4 is 0 Å². The SMILES string of the molecule is CC(F)CC#CC1=CCCCC1. The highest BCUT2D eigenvalue weighted by Gasteiger charge is 1.99. The van der Waals surface area contributed by atoms with E-state index >= 15 is 0 Å². The van der Waals surface area contributed by atoms with Crippen LogP contribution >= 0.6 is 0 Å². The predicted octanol–water partition coefficient (Wildman–Crippen LogP) is 3.24. The van der Waals surface area contributed by atoms with Gasteiger partial charge in [-0.1, -0.05) is 17.9 Å². The minimum absolute atomic E-state index is 0.372. The standard InChI is InChI=1S/C11H15F/c1-10(12)6-5-9-11-7-3-2-4-8-11/h7,10H,2-4,6,8H2,1H3. The molecule has 0 bridgehead atoms. The van der Waals surface area contributed by atoms with E-state index in [2.05, 4.69) is 17.9 Å². The highest BCUT2D eigenvalue weighted by atomic mass is 19.1. The van der Waals surface area contributed by atoms with Crippen molar-refractivity contribution in [1.82, 2.24) is 0 Å². The van der Waals surface area contributed by atoms with E-state index in [-0.39, 0.29) is 0 Å². The maximum atomic E-state index is 12.3. The smallest absolute Gasteiger partial charge is 0.108 e. The van der Waals surface area contributed by atoms with Gasteiger partial charge < -0.3 is 0 Å². The largest absolute Gasteiger partial charge is 0.247 e. The van der Waals surface area contributed by atoms with E-state index in [1.807, 2.05) is 0 Å². The van der Waals surface area contributed by atoms with Gasteiger partial charge in [0.2, 0.25) is 0 Å². The van der Waals surface area contributed by atoms with Crippen molar-refractivity contribution in [2.24, 2.45) is 0 Å². The second kappa shape index (κ2) is 4.98. The first-order valence-corrected chi connectivity index (χ1v) is 4.61. The minimum atomic E-state index is -0.790. The summed E-state index contributed by atoms with van der Waals surface area (Å²) in [5.74, 6) is 5.89. The Morgan fingerprint density at radius 1 is 1.58 bits per heavy atom. The summed E-state index contributed by atoms with van der Waals surface area (Å²) < 4.78 is 12.3. The Morgan fingerprint density at radius 3 is 3.00 bits per heavy atom. The Bertz CT molecular complexity index is 215. The van der Waals surface area contributed by atoms with Crippen LogP contribution in [0.2, 0.25) is 0 Å². The van der Waals surface area contributed by atoms with E-state index in [1.165, 1.54) is 18.4 Å². The quantitative estimate of drug-likeness (QED) is 0.524. The monoisotopic (exact) mass is 166 g/mol. The summed E-state index contributed by atoms with van der Waals surface area (Å²) in [6.45, 7) is 1.55. The van der Waals surface area contributed by atoms with Gasteiger partial charge in [0.15, 0.2) is 0 Å². The molecule has 0 radical (unpaired) electrons. The molecule has 0 saturated carbocycles. The second-order valence-electron chi connectivity index (χ2n) is 3.26. The topological polar surface area (TPSA) is 0 Å². The van der Waals surface area contributed by atoms with Crippen LogP contribution in [0.15, 0.2) is 11.6 Å². The third kappa shape index (κ3) is 3.57. The Kier molecular flexibility index (Phi) is 3.87. The fourth-order valence-corrected chi connectivity index (χ4v) is 1.26. The highest BCUT2D eigenvalue weighted by Crippen LogP contribution is 2.16. The first kappa shape index (κ1) is 9.32. The molecular formula is C11H15F. The van der Waals surface area contributed by atoms with Crippen LogP contribution in [-0.2, 0) is 0 Å². The van der Waals surface area contributed by atoms with Crippen LogP contribution in [0.5, 0.6) is 0 Å². The van der Waals surface area contributed by atoms with Gasteiger partial charge >= 0.3 is 0 Å². The van der Waals surface area contributed by atoms with Crippen molar-refractivity contribution in [1.29, 1.82) is 0 Å². The number of allylic oxidation sites excluding steroid dienone is 2. The summed E-state index contributed by atoms with van der Waals surface area (Å²) in [5, 5.41) is 0. The molecule has 0 aromatic rings. The Balaban J connectivity index is 2.36. The lowest BCUT2D eigenvalue weighted by Crippen LogP contribution is -1.90. The number of alkyl halides is 1. The van der Waals surface area contributed by atoms with Crippen molar-refractivity contribution in [2.45, 2.75) is 45.2 Å². The Hall–Kier alpha value is -0.770. The normalized spacial score (nSPS) is 19.0. The molecule has 1 rings (SSSR count). The van der Waals surface area contributed by atoms with Crippen molar-refractivity contribution in [2.75, 3.05) is 0 Å². The van der Waals surface area contributed by atoms with Gasteiger partial charge in [0.25, 0.3) is 0 Å². The average Bonchev–Trinajstić information content (AvgIpc) is 2.05. The molecule has 12 heavy (non-hydrogen) atoms. The zero-order valence-corrected chi connectivity index (χ0v) is 7.57. The molecule has 1 heteroatoms. The number of hydrogen-bond acceptors (Lipinski definition) is 0. The van der Waals surface area contributed by atoms with Gasteiger partial charge in [-0.3, -0.25) is 0 Å². The molecule has 0 fully saturated rings.